The van der Waals surface area contributed by atoms with Gasteiger partial charge in [-0.2, -0.15) is 0 Å². The molecule has 0 saturated carbocycles. The van der Waals surface area contributed by atoms with E-state index >= 15 is 0 Å². The van der Waals surface area contributed by atoms with Gasteiger partial charge in [0.25, 0.3) is 0 Å². The van der Waals surface area contributed by atoms with E-state index in [1.807, 2.05) is 18.2 Å². The highest BCUT2D eigenvalue weighted by molar-refractivity contribution is 9.10. The zero-order valence-electron chi connectivity index (χ0n) is 9.17. The summed E-state index contributed by atoms with van der Waals surface area (Å²) in [5.41, 5.74) is 0.992. The molecule has 0 bridgehead atoms. The predicted octanol–water partition coefficient (Wildman–Crippen LogP) is 4.89. The van der Waals surface area contributed by atoms with Gasteiger partial charge in [-0.3, -0.25) is 0 Å². The molecule has 17 heavy (non-hydrogen) atoms. The molecule has 0 atom stereocenters. The number of thiophene rings is 1. The Morgan fingerprint density at radius 3 is 2.71 bits per heavy atom. The van der Waals surface area contributed by atoms with Crippen molar-refractivity contribution >= 4 is 48.9 Å². The number of rotatable bonds is 4. The van der Waals surface area contributed by atoms with Gasteiger partial charge in [-0.1, -0.05) is 15.9 Å². The lowest BCUT2D eigenvalue weighted by molar-refractivity contribution is 0.416. The van der Waals surface area contributed by atoms with Crippen molar-refractivity contribution in [3.63, 3.8) is 0 Å². The van der Waals surface area contributed by atoms with Crippen LogP contribution in [0.15, 0.2) is 38.6 Å². The molecule has 1 aromatic carbocycles. The molecule has 0 unspecified atom stereocenters. The van der Waals surface area contributed by atoms with Crippen molar-refractivity contribution in [2.24, 2.45) is 0 Å². The minimum atomic E-state index is 0.795. The molecule has 0 aliphatic rings. The number of hydrogen-bond donors (Lipinski definition) is 1. The summed E-state index contributed by atoms with van der Waals surface area (Å²) in [6.45, 7) is 0.795. The molecule has 5 heteroatoms. The maximum atomic E-state index is 5.30. The Kier molecular flexibility index (Phi) is 4.48. The first-order valence-electron chi connectivity index (χ1n) is 4.99. The number of anilines is 1. The van der Waals surface area contributed by atoms with E-state index in [4.69, 9.17) is 4.74 Å². The van der Waals surface area contributed by atoms with Crippen LogP contribution in [0, 0.1) is 0 Å². The lowest BCUT2D eigenvalue weighted by Gasteiger charge is -2.10. The summed E-state index contributed by atoms with van der Waals surface area (Å²) in [4.78, 5) is 1.28. The molecule has 2 nitrogen and oxygen atoms in total. The number of methoxy groups -OCH3 is 1. The van der Waals surface area contributed by atoms with Crippen LogP contribution in [0.25, 0.3) is 0 Å². The molecular weight excluding hydrogens is 366 g/mol. The summed E-state index contributed by atoms with van der Waals surface area (Å²) in [7, 11) is 1.68. The fourth-order valence-corrected chi connectivity index (χ4v) is 3.20. The van der Waals surface area contributed by atoms with Crippen molar-refractivity contribution in [1.82, 2.24) is 0 Å². The first-order chi connectivity index (χ1) is 8.19. The molecule has 90 valence electrons. The molecule has 1 N–H and O–H groups in total. The van der Waals surface area contributed by atoms with Crippen molar-refractivity contribution < 1.29 is 4.74 Å². The molecule has 0 saturated heterocycles. The molecule has 0 amide bonds. The number of nitrogens with one attached hydrogen (secondary N) is 1. The molecule has 0 spiro atoms. The molecule has 1 heterocycles. The fourth-order valence-electron chi connectivity index (χ4n) is 1.45. The zero-order chi connectivity index (χ0) is 12.3. The molecule has 1 aromatic heterocycles. The van der Waals surface area contributed by atoms with Crippen LogP contribution in [0.4, 0.5) is 5.69 Å². The normalized spacial score (nSPS) is 10.3. The second-order valence-electron chi connectivity index (χ2n) is 3.43. The van der Waals surface area contributed by atoms with Gasteiger partial charge in [0.15, 0.2) is 0 Å². The number of benzene rings is 1. The average Bonchev–Trinajstić information content (AvgIpc) is 2.73. The quantitative estimate of drug-likeness (QED) is 0.819. The second-order valence-corrected chi connectivity index (χ2v) is 6.26. The molecular formula is C12H11Br2NOS. The molecule has 0 aliphatic heterocycles. The minimum absolute atomic E-state index is 0.795. The van der Waals surface area contributed by atoms with Gasteiger partial charge in [-0.15, -0.1) is 11.3 Å². The minimum Gasteiger partial charge on any atom is -0.495 e. The van der Waals surface area contributed by atoms with Gasteiger partial charge in [-0.05, 0) is 40.2 Å². The summed E-state index contributed by atoms with van der Waals surface area (Å²) in [6, 6.07) is 8.03. The Morgan fingerprint density at radius 1 is 1.24 bits per heavy atom. The maximum absolute atomic E-state index is 5.30. The van der Waals surface area contributed by atoms with Crippen LogP contribution in [0.2, 0.25) is 0 Å². The summed E-state index contributed by atoms with van der Waals surface area (Å²) in [5, 5.41) is 5.45. The van der Waals surface area contributed by atoms with Gasteiger partial charge in [0.1, 0.15) is 5.75 Å². The Labute approximate surface area is 121 Å². The van der Waals surface area contributed by atoms with Crippen LogP contribution in [-0.4, -0.2) is 7.11 Å². The van der Waals surface area contributed by atoms with Crippen LogP contribution >= 0.6 is 43.2 Å². The Balaban J connectivity index is 2.10. The van der Waals surface area contributed by atoms with Gasteiger partial charge in [0, 0.05) is 25.7 Å². The van der Waals surface area contributed by atoms with Crippen molar-refractivity contribution in [2.75, 3.05) is 12.4 Å². The Morgan fingerprint density at radius 2 is 2.06 bits per heavy atom. The van der Waals surface area contributed by atoms with E-state index in [1.54, 1.807) is 18.4 Å². The third-order valence-corrected chi connectivity index (χ3v) is 4.43. The summed E-state index contributed by atoms with van der Waals surface area (Å²) < 4.78 is 7.47. The van der Waals surface area contributed by atoms with Crippen LogP contribution in [-0.2, 0) is 6.54 Å². The van der Waals surface area contributed by atoms with E-state index in [0.29, 0.717) is 0 Å². The number of hydrogen-bond acceptors (Lipinski definition) is 3. The van der Waals surface area contributed by atoms with Gasteiger partial charge >= 0.3 is 0 Å². The second kappa shape index (κ2) is 5.89. The lowest BCUT2D eigenvalue weighted by atomic mass is 10.3. The van der Waals surface area contributed by atoms with Gasteiger partial charge in [0.2, 0.25) is 0 Å². The van der Waals surface area contributed by atoms with E-state index in [9.17, 15) is 0 Å². The summed E-state index contributed by atoms with van der Waals surface area (Å²) >= 11 is 8.63. The fraction of sp³-hybridized carbons (Fsp3) is 0.167. The monoisotopic (exact) mass is 375 g/mol. The van der Waals surface area contributed by atoms with Crippen molar-refractivity contribution in [3.05, 3.63) is 43.5 Å². The SMILES string of the molecule is COc1ccc(Br)cc1NCc1cc(Br)cs1. The standard InChI is InChI=1S/C12H11Br2NOS/c1-16-12-3-2-8(13)5-11(12)15-6-10-4-9(14)7-17-10/h2-5,7,15H,6H2,1H3. The Hall–Kier alpha value is -0.520. The predicted molar refractivity (Wildman–Crippen MR) is 80.0 cm³/mol. The highest BCUT2D eigenvalue weighted by Gasteiger charge is 2.04. The third-order valence-electron chi connectivity index (χ3n) is 2.24. The van der Waals surface area contributed by atoms with Gasteiger partial charge in [-0.25, -0.2) is 0 Å². The van der Waals surface area contributed by atoms with Crippen LogP contribution in [0.3, 0.4) is 0 Å². The van der Waals surface area contributed by atoms with E-state index < -0.39 is 0 Å². The molecule has 2 rings (SSSR count). The highest BCUT2D eigenvalue weighted by Crippen LogP contribution is 2.29. The Bertz CT molecular complexity index is 513. The van der Waals surface area contributed by atoms with Crippen molar-refractivity contribution in [3.8, 4) is 5.75 Å². The smallest absolute Gasteiger partial charge is 0.142 e. The first kappa shape index (κ1) is 12.9. The zero-order valence-corrected chi connectivity index (χ0v) is 13.2. The molecule has 0 aliphatic carbocycles. The maximum Gasteiger partial charge on any atom is 0.142 e. The first-order valence-corrected chi connectivity index (χ1v) is 7.46. The average molecular weight is 377 g/mol. The van der Waals surface area contributed by atoms with E-state index in [1.165, 1.54) is 4.88 Å². The number of ether oxygens (including phenoxy) is 1. The van der Waals surface area contributed by atoms with Gasteiger partial charge in [0.05, 0.1) is 12.8 Å². The van der Waals surface area contributed by atoms with Gasteiger partial charge < -0.3 is 10.1 Å². The van der Waals surface area contributed by atoms with Crippen LogP contribution in [0.5, 0.6) is 5.75 Å². The van der Waals surface area contributed by atoms with E-state index in [2.05, 4.69) is 48.6 Å². The topological polar surface area (TPSA) is 21.3 Å². The highest BCUT2D eigenvalue weighted by atomic mass is 79.9. The van der Waals surface area contributed by atoms with E-state index in [0.717, 1.165) is 26.9 Å². The summed E-state index contributed by atoms with van der Waals surface area (Å²) in [6.07, 6.45) is 0. The molecule has 2 aromatic rings. The van der Waals surface area contributed by atoms with E-state index in [-0.39, 0.29) is 0 Å². The van der Waals surface area contributed by atoms with Crippen LogP contribution < -0.4 is 10.1 Å². The summed E-state index contributed by atoms with van der Waals surface area (Å²) in [5.74, 6) is 0.851. The third kappa shape index (κ3) is 3.47. The molecule has 0 fully saturated rings. The lowest BCUT2D eigenvalue weighted by Crippen LogP contribution is -1.99. The van der Waals surface area contributed by atoms with Crippen molar-refractivity contribution in [2.45, 2.75) is 6.54 Å². The van der Waals surface area contributed by atoms with Crippen LogP contribution in [0.1, 0.15) is 4.88 Å². The number of halogens is 2. The van der Waals surface area contributed by atoms with Crippen molar-refractivity contribution in [1.29, 1.82) is 0 Å². The molecule has 0 radical (unpaired) electrons. The largest absolute Gasteiger partial charge is 0.495 e.